The summed E-state index contributed by atoms with van der Waals surface area (Å²) in [6.45, 7) is 2.90. The lowest BCUT2D eigenvalue weighted by molar-refractivity contribution is -0.123. The van der Waals surface area contributed by atoms with Crippen molar-refractivity contribution in [3.05, 3.63) is 70.9 Å². The largest absolute Gasteiger partial charge is 0.494 e. The van der Waals surface area contributed by atoms with Crippen molar-refractivity contribution in [2.75, 3.05) is 6.61 Å². The van der Waals surface area contributed by atoms with Gasteiger partial charge in [0.2, 0.25) is 0 Å². The Labute approximate surface area is 233 Å². The van der Waals surface area contributed by atoms with Crippen LogP contribution in [0, 0.1) is 0 Å². The predicted molar refractivity (Wildman–Crippen MR) is 152 cm³/mol. The fraction of sp³-hybridized carbons (Fsp3) is 0.333. The fourth-order valence-electron chi connectivity index (χ4n) is 4.34. The lowest BCUT2D eigenvalue weighted by Crippen LogP contribution is -2.51. The number of ether oxygens (including phenoxy) is 1. The number of rotatable bonds is 13. The van der Waals surface area contributed by atoms with Gasteiger partial charge >= 0.3 is 6.03 Å². The molecule has 204 valence electrons. The molecule has 2 aromatic carbocycles. The van der Waals surface area contributed by atoms with E-state index in [1.54, 1.807) is 23.0 Å². The maximum atomic E-state index is 12.3. The Kier molecular flexibility index (Phi) is 9.91. The molecule has 1 fully saturated rings. The van der Waals surface area contributed by atoms with Gasteiger partial charge in [0.15, 0.2) is 0 Å². The van der Waals surface area contributed by atoms with E-state index in [0.29, 0.717) is 22.9 Å². The van der Waals surface area contributed by atoms with Gasteiger partial charge in [0.1, 0.15) is 11.3 Å². The molecular weight excluding hydrogens is 516 g/mol. The van der Waals surface area contributed by atoms with Crippen molar-refractivity contribution in [2.45, 2.75) is 58.3 Å². The first-order valence-electron chi connectivity index (χ1n) is 13.4. The van der Waals surface area contributed by atoms with Crippen LogP contribution < -0.4 is 15.4 Å². The minimum absolute atomic E-state index is 0.183. The van der Waals surface area contributed by atoms with Crippen LogP contribution in [0.25, 0.3) is 23.0 Å². The second-order valence-corrected chi connectivity index (χ2v) is 9.93. The number of benzene rings is 2. The van der Waals surface area contributed by atoms with E-state index in [-0.39, 0.29) is 5.57 Å². The summed E-state index contributed by atoms with van der Waals surface area (Å²) in [6, 6.07) is 13.9. The number of carbonyl (C=O) groups is 3. The van der Waals surface area contributed by atoms with Gasteiger partial charge in [-0.3, -0.25) is 20.2 Å². The first-order valence-corrected chi connectivity index (χ1v) is 13.8. The quantitative estimate of drug-likeness (QED) is 0.145. The molecule has 8 nitrogen and oxygen atoms in total. The minimum atomic E-state index is -0.846. The van der Waals surface area contributed by atoms with Crippen molar-refractivity contribution in [3.63, 3.8) is 0 Å². The normalized spacial score (nSPS) is 13.3. The summed E-state index contributed by atoms with van der Waals surface area (Å²) in [4.78, 5) is 36.1. The molecule has 0 unspecified atom stereocenters. The zero-order valence-corrected chi connectivity index (χ0v) is 22.8. The Morgan fingerprint density at radius 3 is 2.10 bits per heavy atom. The molecule has 0 aliphatic carbocycles. The highest BCUT2D eigenvalue weighted by atomic mass is 35.5. The van der Waals surface area contributed by atoms with Crippen LogP contribution in [0.2, 0.25) is 5.02 Å². The molecular formula is C30H33ClN4O4. The van der Waals surface area contributed by atoms with E-state index in [0.717, 1.165) is 29.8 Å². The van der Waals surface area contributed by atoms with Gasteiger partial charge in [-0.05, 0) is 61.0 Å². The number of nitrogens with one attached hydrogen (secondary N) is 2. The number of carbonyl (C=O) groups excluding carboxylic acids is 3. The van der Waals surface area contributed by atoms with Gasteiger partial charge < -0.3 is 4.74 Å². The third kappa shape index (κ3) is 7.80. The van der Waals surface area contributed by atoms with Crippen molar-refractivity contribution in [1.29, 1.82) is 0 Å². The van der Waals surface area contributed by atoms with Crippen molar-refractivity contribution in [3.8, 4) is 22.7 Å². The number of halogens is 1. The highest BCUT2D eigenvalue weighted by Gasteiger charge is 2.28. The van der Waals surface area contributed by atoms with Gasteiger partial charge in [-0.2, -0.15) is 5.10 Å². The molecule has 2 heterocycles. The molecule has 4 rings (SSSR count). The van der Waals surface area contributed by atoms with E-state index in [1.807, 2.05) is 36.4 Å². The van der Waals surface area contributed by atoms with E-state index < -0.39 is 17.8 Å². The van der Waals surface area contributed by atoms with Crippen LogP contribution in [0.4, 0.5) is 4.79 Å². The zero-order valence-electron chi connectivity index (χ0n) is 22.0. The molecule has 39 heavy (non-hydrogen) atoms. The minimum Gasteiger partial charge on any atom is -0.494 e. The monoisotopic (exact) mass is 548 g/mol. The molecule has 0 spiro atoms. The van der Waals surface area contributed by atoms with Gasteiger partial charge in [0.05, 0.1) is 18.0 Å². The number of barbiturate groups is 1. The van der Waals surface area contributed by atoms with Crippen LogP contribution in [0.3, 0.4) is 0 Å². The smallest absolute Gasteiger partial charge is 0.328 e. The first-order chi connectivity index (χ1) is 18.9. The number of aromatic nitrogens is 2. The molecule has 0 bridgehead atoms. The predicted octanol–water partition coefficient (Wildman–Crippen LogP) is 6.46. The second-order valence-electron chi connectivity index (χ2n) is 9.50. The standard InChI is InChI=1S/C30H33ClN4O4/c1-2-3-4-5-6-7-8-9-18-39-25-16-10-21(11-17-25)27-22(19-26-28(36)32-30(38)33-29(26)37)20-35(34-27)24-14-12-23(31)13-15-24/h10-17,19-20H,2-9,18H2,1H3,(H2,32,33,36,37,38). The van der Waals surface area contributed by atoms with Gasteiger partial charge in [0, 0.05) is 22.3 Å². The molecule has 0 atom stereocenters. The number of hydrogen-bond donors (Lipinski definition) is 2. The van der Waals surface area contributed by atoms with E-state index in [1.165, 1.54) is 44.6 Å². The van der Waals surface area contributed by atoms with Crippen LogP contribution in [-0.2, 0) is 9.59 Å². The molecule has 1 aliphatic heterocycles. The molecule has 1 aromatic heterocycles. The Hall–Kier alpha value is -3.91. The number of amides is 4. The molecule has 1 aliphatic rings. The highest BCUT2D eigenvalue weighted by Crippen LogP contribution is 2.28. The van der Waals surface area contributed by atoms with Crippen LogP contribution >= 0.6 is 11.6 Å². The summed E-state index contributed by atoms with van der Waals surface area (Å²) in [6.07, 6.45) is 13.1. The lowest BCUT2D eigenvalue weighted by atomic mass is 10.0. The van der Waals surface area contributed by atoms with Crippen LogP contribution in [0.1, 0.15) is 63.9 Å². The summed E-state index contributed by atoms with van der Waals surface area (Å²) >= 11 is 6.04. The molecule has 2 N–H and O–H groups in total. The van der Waals surface area contributed by atoms with E-state index in [9.17, 15) is 14.4 Å². The second kappa shape index (κ2) is 13.8. The molecule has 9 heteroatoms. The van der Waals surface area contributed by atoms with E-state index in [4.69, 9.17) is 21.4 Å². The topological polar surface area (TPSA) is 102 Å². The first kappa shape index (κ1) is 28.1. The summed E-state index contributed by atoms with van der Waals surface area (Å²) in [7, 11) is 0. The van der Waals surface area contributed by atoms with Crippen LogP contribution in [0.5, 0.6) is 5.75 Å². The van der Waals surface area contributed by atoms with Crippen molar-refractivity contribution < 1.29 is 19.1 Å². The van der Waals surface area contributed by atoms with Gasteiger partial charge in [-0.1, -0.05) is 63.5 Å². The molecule has 3 aromatic rings. The van der Waals surface area contributed by atoms with Crippen LogP contribution in [0.15, 0.2) is 60.3 Å². The molecule has 1 saturated heterocycles. The third-order valence-electron chi connectivity index (χ3n) is 6.47. The summed E-state index contributed by atoms with van der Waals surface area (Å²) < 4.78 is 7.58. The summed E-state index contributed by atoms with van der Waals surface area (Å²) in [5, 5.41) is 9.51. The van der Waals surface area contributed by atoms with Gasteiger partial charge in [0.25, 0.3) is 11.8 Å². The zero-order chi connectivity index (χ0) is 27.6. The average molecular weight is 549 g/mol. The summed E-state index contributed by atoms with van der Waals surface area (Å²) in [5.41, 5.74) is 2.44. The lowest BCUT2D eigenvalue weighted by Gasteiger charge is -2.13. The van der Waals surface area contributed by atoms with Crippen molar-refractivity contribution >= 4 is 35.5 Å². The number of hydrogen-bond acceptors (Lipinski definition) is 5. The Balaban J connectivity index is 1.48. The van der Waals surface area contributed by atoms with E-state index in [2.05, 4.69) is 17.6 Å². The molecule has 0 radical (unpaired) electrons. The fourth-order valence-corrected chi connectivity index (χ4v) is 4.47. The SMILES string of the molecule is CCCCCCCCCCOc1ccc(-c2nn(-c3ccc(Cl)cc3)cc2C=C2C(=O)NC(=O)NC2=O)cc1. The van der Waals surface area contributed by atoms with Crippen molar-refractivity contribution in [2.24, 2.45) is 0 Å². The average Bonchev–Trinajstić information content (AvgIpc) is 3.34. The number of imide groups is 2. The highest BCUT2D eigenvalue weighted by molar-refractivity contribution is 6.31. The van der Waals surface area contributed by atoms with Crippen LogP contribution in [-0.4, -0.2) is 34.2 Å². The number of unbranched alkanes of at least 4 members (excludes halogenated alkanes) is 7. The van der Waals surface area contributed by atoms with Gasteiger partial charge in [-0.25, -0.2) is 9.48 Å². The Morgan fingerprint density at radius 1 is 0.846 bits per heavy atom. The maximum Gasteiger partial charge on any atom is 0.328 e. The molecule has 0 saturated carbocycles. The number of urea groups is 1. The van der Waals surface area contributed by atoms with E-state index >= 15 is 0 Å². The number of nitrogens with zero attached hydrogens (tertiary/aromatic N) is 2. The summed E-state index contributed by atoms with van der Waals surface area (Å²) in [5.74, 6) is -0.763. The molecule has 4 amide bonds. The van der Waals surface area contributed by atoms with Gasteiger partial charge in [-0.15, -0.1) is 0 Å². The Bertz CT molecular complexity index is 1310. The maximum absolute atomic E-state index is 12.3. The van der Waals surface area contributed by atoms with Crippen molar-refractivity contribution in [1.82, 2.24) is 20.4 Å². The Morgan fingerprint density at radius 2 is 1.46 bits per heavy atom. The third-order valence-corrected chi connectivity index (χ3v) is 6.72.